The normalized spacial score (nSPS) is 11.5. The Bertz CT molecular complexity index is 2820. The van der Waals surface area contributed by atoms with E-state index in [2.05, 4.69) is 157 Å². The molecule has 240 valence electrons. The lowest BCUT2D eigenvalue weighted by Crippen LogP contribution is -2.09. The van der Waals surface area contributed by atoms with Crippen LogP contribution in [0.3, 0.4) is 0 Å². The third-order valence-corrected chi connectivity index (χ3v) is 10.8. The van der Waals surface area contributed by atoms with Gasteiger partial charge in [-0.2, -0.15) is 0 Å². The predicted octanol–water partition coefficient (Wildman–Crippen LogP) is 13.2. The molecule has 10 aromatic rings. The van der Waals surface area contributed by atoms with Crippen LogP contribution < -0.4 is 4.90 Å². The van der Waals surface area contributed by atoms with Crippen molar-refractivity contribution in [2.45, 2.75) is 0 Å². The summed E-state index contributed by atoms with van der Waals surface area (Å²) in [5.74, 6) is 0. The fourth-order valence-corrected chi connectivity index (χ4v) is 8.32. The number of para-hydroxylation sites is 2. The Balaban J connectivity index is 0.982. The van der Waals surface area contributed by atoms with Crippen LogP contribution in [0.25, 0.3) is 75.9 Å². The number of fused-ring (bicyclic) bond motifs is 6. The summed E-state index contributed by atoms with van der Waals surface area (Å²) < 4.78 is 8.90. The summed E-state index contributed by atoms with van der Waals surface area (Å²) >= 11 is 1.86. The van der Waals surface area contributed by atoms with Crippen LogP contribution in [0.2, 0.25) is 0 Å². The Morgan fingerprint density at radius 1 is 0.490 bits per heavy atom. The van der Waals surface area contributed by atoms with Crippen molar-refractivity contribution in [3.05, 3.63) is 176 Å². The van der Waals surface area contributed by atoms with Gasteiger partial charge in [-0.05, 0) is 82.9 Å². The quantitative estimate of drug-likeness (QED) is 0.176. The monoisotopic (exact) mass is 671 g/mol. The second-order valence-corrected chi connectivity index (χ2v) is 13.7. The minimum absolute atomic E-state index is 0.532. The zero-order valence-electron chi connectivity index (χ0n) is 27.4. The SMILES string of the molecule is c1ccc(N(c2ccccc2)c2ccc(-c3cnc4c(n3)oc3ccc(-c5cccc(-c6cccc7c6sc6ccccc67)c5)cc34)cc2)cc1. The van der Waals surface area contributed by atoms with Crippen LogP contribution in [0.1, 0.15) is 0 Å². The van der Waals surface area contributed by atoms with Crippen molar-refractivity contribution in [1.82, 2.24) is 9.97 Å². The van der Waals surface area contributed by atoms with Gasteiger partial charge in [0.1, 0.15) is 11.1 Å². The molecule has 0 fully saturated rings. The molecule has 7 aromatic carbocycles. The molecule has 0 aliphatic heterocycles. The van der Waals surface area contributed by atoms with Crippen LogP contribution in [-0.4, -0.2) is 9.97 Å². The minimum Gasteiger partial charge on any atom is -0.436 e. The van der Waals surface area contributed by atoms with Gasteiger partial charge in [-0.25, -0.2) is 9.97 Å². The van der Waals surface area contributed by atoms with Crippen LogP contribution in [-0.2, 0) is 0 Å². The molecule has 0 aliphatic rings. The highest BCUT2D eigenvalue weighted by molar-refractivity contribution is 7.26. The van der Waals surface area contributed by atoms with Gasteiger partial charge in [0.2, 0.25) is 5.71 Å². The number of anilines is 3. The lowest BCUT2D eigenvalue weighted by molar-refractivity contribution is 0.653. The molecule has 0 spiro atoms. The molecule has 0 atom stereocenters. The third-order valence-electron chi connectivity index (χ3n) is 9.54. The van der Waals surface area contributed by atoms with E-state index in [0.717, 1.165) is 55.9 Å². The van der Waals surface area contributed by atoms with E-state index in [0.29, 0.717) is 5.71 Å². The first-order chi connectivity index (χ1) is 25.3. The van der Waals surface area contributed by atoms with Gasteiger partial charge in [0.05, 0.1) is 11.9 Å². The number of benzene rings is 7. The van der Waals surface area contributed by atoms with E-state index < -0.39 is 0 Å². The Kier molecular flexibility index (Phi) is 6.96. The summed E-state index contributed by atoms with van der Waals surface area (Å²) in [6.07, 6.45) is 1.84. The van der Waals surface area contributed by atoms with E-state index >= 15 is 0 Å². The summed E-state index contributed by atoms with van der Waals surface area (Å²) in [5.41, 5.74) is 11.8. The van der Waals surface area contributed by atoms with Crippen LogP contribution in [0.4, 0.5) is 17.1 Å². The van der Waals surface area contributed by atoms with E-state index in [4.69, 9.17) is 14.4 Å². The average molecular weight is 672 g/mol. The van der Waals surface area contributed by atoms with Crippen LogP contribution in [0.15, 0.2) is 180 Å². The largest absolute Gasteiger partial charge is 0.436 e. The molecule has 4 nitrogen and oxygen atoms in total. The summed E-state index contributed by atoms with van der Waals surface area (Å²) in [5, 5.41) is 3.57. The van der Waals surface area contributed by atoms with Gasteiger partial charge in [-0.15, -0.1) is 11.3 Å². The third kappa shape index (κ3) is 5.14. The van der Waals surface area contributed by atoms with Crippen LogP contribution >= 0.6 is 11.3 Å². The molecular formula is C46H29N3OS. The molecule has 3 aromatic heterocycles. The molecule has 0 saturated carbocycles. The van der Waals surface area contributed by atoms with E-state index in [1.54, 1.807) is 0 Å². The zero-order valence-corrected chi connectivity index (χ0v) is 28.2. The second-order valence-electron chi connectivity index (χ2n) is 12.6. The van der Waals surface area contributed by atoms with Crippen molar-refractivity contribution >= 4 is 70.8 Å². The maximum atomic E-state index is 6.27. The Labute approximate surface area is 298 Å². The standard InChI is InChI=1S/C46H29N3OS/c1-3-13-34(14-4-1)49(35-15-5-2-6-16-35)36-24-21-30(22-25-36)41-29-47-44-40-28-32(23-26-42(40)50-46(44)48-41)31-11-9-12-33(27-31)37-18-10-19-39-38-17-7-8-20-43(38)51-45(37)39/h1-29H. The molecule has 5 heteroatoms. The zero-order chi connectivity index (χ0) is 33.7. The molecule has 0 N–H and O–H groups in total. The van der Waals surface area contributed by atoms with Gasteiger partial charge in [-0.1, -0.05) is 109 Å². The van der Waals surface area contributed by atoms with Crippen LogP contribution in [0, 0.1) is 0 Å². The Morgan fingerprint density at radius 3 is 1.94 bits per heavy atom. The van der Waals surface area contributed by atoms with Crippen molar-refractivity contribution < 1.29 is 4.42 Å². The number of thiophene rings is 1. The number of furan rings is 1. The van der Waals surface area contributed by atoms with Crippen LogP contribution in [0.5, 0.6) is 0 Å². The molecule has 0 amide bonds. The molecule has 0 aliphatic carbocycles. The first kappa shape index (κ1) is 29.4. The van der Waals surface area contributed by atoms with E-state index in [9.17, 15) is 0 Å². The lowest BCUT2D eigenvalue weighted by Gasteiger charge is -2.25. The number of nitrogens with zero attached hydrogens (tertiary/aromatic N) is 3. The summed E-state index contributed by atoms with van der Waals surface area (Å²) in [6, 6.07) is 59.7. The topological polar surface area (TPSA) is 42.2 Å². The fourth-order valence-electron chi connectivity index (χ4n) is 7.08. The van der Waals surface area contributed by atoms with Crippen molar-refractivity contribution in [2.24, 2.45) is 0 Å². The predicted molar refractivity (Wildman–Crippen MR) is 213 cm³/mol. The maximum Gasteiger partial charge on any atom is 0.246 e. The van der Waals surface area contributed by atoms with Gasteiger partial charge in [-0.3, -0.25) is 0 Å². The van der Waals surface area contributed by atoms with Crippen molar-refractivity contribution in [2.75, 3.05) is 4.90 Å². The molecule has 10 rings (SSSR count). The average Bonchev–Trinajstić information content (AvgIpc) is 3.77. The number of hydrogen-bond donors (Lipinski definition) is 0. The molecule has 0 unspecified atom stereocenters. The highest BCUT2D eigenvalue weighted by Crippen LogP contribution is 2.41. The van der Waals surface area contributed by atoms with Gasteiger partial charge >= 0.3 is 0 Å². The summed E-state index contributed by atoms with van der Waals surface area (Å²) in [6.45, 7) is 0. The Morgan fingerprint density at radius 2 is 1.14 bits per heavy atom. The van der Waals surface area contributed by atoms with Crippen molar-refractivity contribution in [1.29, 1.82) is 0 Å². The molecule has 3 heterocycles. The summed E-state index contributed by atoms with van der Waals surface area (Å²) in [7, 11) is 0. The molecule has 51 heavy (non-hydrogen) atoms. The molecular weight excluding hydrogens is 643 g/mol. The van der Waals surface area contributed by atoms with E-state index in [1.807, 2.05) is 35.7 Å². The van der Waals surface area contributed by atoms with Gasteiger partial charge in [0.25, 0.3) is 0 Å². The van der Waals surface area contributed by atoms with Gasteiger partial charge in [0, 0.05) is 48.2 Å². The minimum atomic E-state index is 0.532. The molecule has 0 radical (unpaired) electrons. The van der Waals surface area contributed by atoms with Crippen molar-refractivity contribution in [3.63, 3.8) is 0 Å². The highest BCUT2D eigenvalue weighted by Gasteiger charge is 2.16. The summed E-state index contributed by atoms with van der Waals surface area (Å²) in [4.78, 5) is 12.1. The number of rotatable bonds is 6. The Hall–Kier alpha value is -6.56. The highest BCUT2D eigenvalue weighted by atomic mass is 32.1. The molecule has 0 bridgehead atoms. The number of aromatic nitrogens is 2. The smallest absolute Gasteiger partial charge is 0.246 e. The first-order valence-corrected chi connectivity index (χ1v) is 17.8. The van der Waals surface area contributed by atoms with Crippen molar-refractivity contribution in [3.8, 4) is 33.5 Å². The van der Waals surface area contributed by atoms with Gasteiger partial charge < -0.3 is 9.32 Å². The lowest BCUT2D eigenvalue weighted by atomic mass is 9.97. The van der Waals surface area contributed by atoms with E-state index in [1.165, 1.54) is 31.3 Å². The van der Waals surface area contributed by atoms with E-state index in [-0.39, 0.29) is 0 Å². The number of hydrogen-bond acceptors (Lipinski definition) is 5. The maximum absolute atomic E-state index is 6.27. The first-order valence-electron chi connectivity index (χ1n) is 17.0. The molecule has 0 saturated heterocycles. The second kappa shape index (κ2) is 12.1. The fraction of sp³-hybridized carbons (Fsp3) is 0. The van der Waals surface area contributed by atoms with Gasteiger partial charge in [0.15, 0.2) is 0 Å².